The zero-order chi connectivity index (χ0) is 13.1. The molecule has 0 aliphatic carbocycles. The van der Waals surface area contributed by atoms with Crippen molar-refractivity contribution in [2.24, 2.45) is 12.8 Å². The standard InChI is InChI=1S/C13H18N4O/c1-9(2)18-11-4-10(5-15-6-11)13(14)12-7-16-8-17(12)3/h4-9,13H,14H2,1-3H3. The molecule has 96 valence electrons. The van der Waals surface area contributed by atoms with E-state index in [2.05, 4.69) is 9.97 Å². The second-order valence-electron chi connectivity index (χ2n) is 4.53. The van der Waals surface area contributed by atoms with E-state index in [1.807, 2.05) is 31.5 Å². The molecule has 5 heteroatoms. The van der Waals surface area contributed by atoms with E-state index in [1.165, 1.54) is 0 Å². The normalized spacial score (nSPS) is 12.7. The largest absolute Gasteiger partial charge is 0.489 e. The molecule has 0 saturated heterocycles. The highest BCUT2D eigenvalue weighted by atomic mass is 16.5. The molecular formula is C13H18N4O. The Hall–Kier alpha value is -1.88. The number of hydrogen-bond acceptors (Lipinski definition) is 4. The Kier molecular flexibility index (Phi) is 3.62. The van der Waals surface area contributed by atoms with Crippen LogP contribution in [0.25, 0.3) is 0 Å². The number of aromatic nitrogens is 3. The summed E-state index contributed by atoms with van der Waals surface area (Å²) in [6.45, 7) is 3.96. The molecule has 0 bridgehead atoms. The molecule has 5 nitrogen and oxygen atoms in total. The zero-order valence-corrected chi connectivity index (χ0v) is 10.9. The van der Waals surface area contributed by atoms with Crippen molar-refractivity contribution in [2.45, 2.75) is 26.0 Å². The lowest BCUT2D eigenvalue weighted by atomic mass is 10.1. The van der Waals surface area contributed by atoms with Crippen molar-refractivity contribution in [3.05, 3.63) is 42.2 Å². The Morgan fingerprint density at radius 3 is 2.61 bits per heavy atom. The predicted octanol–water partition coefficient (Wildman–Crippen LogP) is 1.65. The van der Waals surface area contributed by atoms with E-state index in [9.17, 15) is 0 Å². The number of imidazole rings is 1. The Labute approximate surface area is 107 Å². The van der Waals surface area contributed by atoms with Crippen LogP contribution < -0.4 is 10.5 Å². The van der Waals surface area contributed by atoms with E-state index in [0.717, 1.165) is 17.0 Å². The third kappa shape index (κ3) is 2.68. The summed E-state index contributed by atoms with van der Waals surface area (Å²) in [6, 6.07) is 1.67. The molecule has 0 spiro atoms. The maximum Gasteiger partial charge on any atom is 0.138 e. The van der Waals surface area contributed by atoms with E-state index in [4.69, 9.17) is 10.5 Å². The van der Waals surface area contributed by atoms with Gasteiger partial charge in [0, 0.05) is 13.2 Å². The van der Waals surface area contributed by atoms with Gasteiger partial charge in [0.05, 0.1) is 36.6 Å². The molecule has 1 atom stereocenters. The minimum Gasteiger partial charge on any atom is -0.489 e. The lowest BCUT2D eigenvalue weighted by molar-refractivity contribution is 0.241. The van der Waals surface area contributed by atoms with Gasteiger partial charge in [-0.25, -0.2) is 4.98 Å². The summed E-state index contributed by atoms with van der Waals surface area (Å²) in [5.41, 5.74) is 8.06. The maximum absolute atomic E-state index is 6.20. The molecule has 1 unspecified atom stereocenters. The molecule has 0 amide bonds. The summed E-state index contributed by atoms with van der Waals surface area (Å²) in [4.78, 5) is 8.23. The molecule has 0 radical (unpaired) electrons. The monoisotopic (exact) mass is 246 g/mol. The van der Waals surface area contributed by atoms with Crippen LogP contribution >= 0.6 is 0 Å². The van der Waals surface area contributed by atoms with Crippen LogP contribution in [-0.4, -0.2) is 20.6 Å². The summed E-state index contributed by atoms with van der Waals surface area (Å²) in [7, 11) is 1.92. The number of rotatable bonds is 4. The van der Waals surface area contributed by atoms with Gasteiger partial charge in [0.1, 0.15) is 5.75 Å². The third-order valence-corrected chi connectivity index (χ3v) is 2.64. The van der Waals surface area contributed by atoms with Crippen LogP contribution in [0.4, 0.5) is 0 Å². The molecular weight excluding hydrogens is 228 g/mol. The third-order valence-electron chi connectivity index (χ3n) is 2.64. The van der Waals surface area contributed by atoms with Crippen molar-refractivity contribution in [3.8, 4) is 5.75 Å². The van der Waals surface area contributed by atoms with E-state index in [0.29, 0.717) is 0 Å². The van der Waals surface area contributed by atoms with Crippen LogP contribution in [0.3, 0.4) is 0 Å². The molecule has 2 aromatic heterocycles. The van der Waals surface area contributed by atoms with Crippen molar-refractivity contribution in [1.29, 1.82) is 0 Å². The highest BCUT2D eigenvalue weighted by molar-refractivity contribution is 5.30. The first-order valence-electron chi connectivity index (χ1n) is 5.91. The topological polar surface area (TPSA) is 66.0 Å². The number of nitrogens with zero attached hydrogens (tertiary/aromatic N) is 3. The average molecular weight is 246 g/mol. The minimum atomic E-state index is -0.249. The van der Waals surface area contributed by atoms with Crippen LogP contribution in [-0.2, 0) is 7.05 Å². The number of pyridine rings is 1. The van der Waals surface area contributed by atoms with Crippen molar-refractivity contribution in [1.82, 2.24) is 14.5 Å². The maximum atomic E-state index is 6.20. The summed E-state index contributed by atoms with van der Waals surface area (Å²) in [5, 5.41) is 0. The van der Waals surface area contributed by atoms with E-state index in [1.54, 1.807) is 24.9 Å². The Bertz CT molecular complexity index is 521. The number of hydrogen-bond donors (Lipinski definition) is 1. The first-order chi connectivity index (χ1) is 8.58. The SMILES string of the molecule is CC(C)Oc1cncc(C(N)c2cncn2C)c1. The summed E-state index contributed by atoms with van der Waals surface area (Å²) < 4.78 is 7.52. The molecule has 0 saturated carbocycles. The lowest BCUT2D eigenvalue weighted by Gasteiger charge is -2.14. The van der Waals surface area contributed by atoms with Crippen LogP contribution in [0, 0.1) is 0 Å². The van der Waals surface area contributed by atoms with Gasteiger partial charge in [0.2, 0.25) is 0 Å². The fraction of sp³-hybridized carbons (Fsp3) is 0.385. The van der Waals surface area contributed by atoms with Gasteiger partial charge in [-0.1, -0.05) is 0 Å². The first-order valence-corrected chi connectivity index (χ1v) is 5.91. The van der Waals surface area contributed by atoms with Gasteiger partial charge in [0.25, 0.3) is 0 Å². The quantitative estimate of drug-likeness (QED) is 0.890. The van der Waals surface area contributed by atoms with Gasteiger partial charge >= 0.3 is 0 Å². The van der Waals surface area contributed by atoms with Gasteiger partial charge in [-0.2, -0.15) is 0 Å². The molecule has 0 aliphatic heterocycles. The fourth-order valence-corrected chi connectivity index (χ4v) is 1.78. The number of nitrogens with two attached hydrogens (primary N) is 1. The van der Waals surface area contributed by atoms with Gasteiger partial charge < -0.3 is 15.0 Å². The summed E-state index contributed by atoms with van der Waals surface area (Å²) in [5.74, 6) is 0.736. The van der Waals surface area contributed by atoms with E-state index in [-0.39, 0.29) is 12.1 Å². The molecule has 2 heterocycles. The molecule has 0 aliphatic rings. The second kappa shape index (κ2) is 5.18. The van der Waals surface area contributed by atoms with Crippen molar-refractivity contribution in [3.63, 3.8) is 0 Å². The molecule has 0 fully saturated rings. The second-order valence-corrected chi connectivity index (χ2v) is 4.53. The van der Waals surface area contributed by atoms with Crippen molar-refractivity contribution < 1.29 is 4.74 Å². The number of ether oxygens (including phenoxy) is 1. The summed E-state index contributed by atoms with van der Waals surface area (Å²) >= 11 is 0. The lowest BCUT2D eigenvalue weighted by Crippen LogP contribution is -2.16. The van der Waals surface area contributed by atoms with Crippen LogP contribution in [0.1, 0.15) is 31.1 Å². The predicted molar refractivity (Wildman–Crippen MR) is 69.2 cm³/mol. The Balaban J connectivity index is 2.25. The molecule has 2 aromatic rings. The Morgan fingerprint density at radius 2 is 2.00 bits per heavy atom. The smallest absolute Gasteiger partial charge is 0.138 e. The molecule has 2 rings (SSSR count). The minimum absolute atomic E-state index is 0.120. The highest BCUT2D eigenvalue weighted by Gasteiger charge is 2.13. The van der Waals surface area contributed by atoms with Crippen LogP contribution in [0.15, 0.2) is 31.0 Å². The first kappa shape index (κ1) is 12.6. The van der Waals surface area contributed by atoms with Gasteiger partial charge in [0.15, 0.2) is 0 Å². The van der Waals surface area contributed by atoms with Crippen molar-refractivity contribution >= 4 is 0 Å². The Morgan fingerprint density at radius 1 is 1.22 bits per heavy atom. The van der Waals surface area contributed by atoms with Crippen molar-refractivity contribution in [2.75, 3.05) is 0 Å². The van der Waals surface area contributed by atoms with E-state index >= 15 is 0 Å². The van der Waals surface area contributed by atoms with E-state index < -0.39 is 0 Å². The van der Waals surface area contributed by atoms with Crippen LogP contribution in [0.5, 0.6) is 5.75 Å². The summed E-state index contributed by atoms with van der Waals surface area (Å²) in [6.07, 6.45) is 7.07. The molecule has 2 N–H and O–H groups in total. The van der Waals surface area contributed by atoms with Gasteiger partial charge in [-0.05, 0) is 25.5 Å². The van der Waals surface area contributed by atoms with Gasteiger partial charge in [-0.15, -0.1) is 0 Å². The van der Waals surface area contributed by atoms with Gasteiger partial charge in [-0.3, -0.25) is 4.98 Å². The number of aryl methyl sites for hydroxylation is 1. The zero-order valence-electron chi connectivity index (χ0n) is 10.9. The highest BCUT2D eigenvalue weighted by Crippen LogP contribution is 2.22. The molecule has 0 aromatic carbocycles. The van der Waals surface area contributed by atoms with Crippen LogP contribution in [0.2, 0.25) is 0 Å². The average Bonchev–Trinajstić information content (AvgIpc) is 2.74. The molecule has 18 heavy (non-hydrogen) atoms. The fourth-order valence-electron chi connectivity index (χ4n) is 1.78.